The van der Waals surface area contributed by atoms with Gasteiger partial charge >= 0.3 is 0 Å². The van der Waals surface area contributed by atoms with Gasteiger partial charge in [-0.1, -0.05) is 170 Å². The molecule has 0 fully saturated rings. The molecule has 0 N–H and O–H groups in total. The molecule has 1 heterocycles. The van der Waals surface area contributed by atoms with Crippen molar-refractivity contribution in [1.82, 2.24) is 9.78 Å². The van der Waals surface area contributed by atoms with Crippen LogP contribution < -0.4 is 32.0 Å². The highest BCUT2D eigenvalue weighted by atomic mass is 31.2. The highest BCUT2D eigenvalue weighted by molar-refractivity contribution is 7.90. The molecule has 7 aromatic rings. The maximum Gasteiger partial charge on any atom is 0.191 e. The summed E-state index contributed by atoms with van der Waals surface area (Å²) in [5, 5.41) is 8.31. The van der Waals surface area contributed by atoms with Gasteiger partial charge in [0.05, 0.1) is 16.7 Å². The molecule has 0 atom stereocenters. The Labute approximate surface area is 263 Å². The van der Waals surface area contributed by atoms with Crippen molar-refractivity contribution in [3.8, 4) is 16.9 Å². The molecule has 1 aromatic heterocycles. The average Bonchev–Trinajstić information content (AvgIpc) is 3.55. The molecule has 0 bridgehead atoms. The summed E-state index contributed by atoms with van der Waals surface area (Å²) in [5.41, 5.74) is 2.58. The molecule has 0 aliphatic carbocycles. The Bertz CT molecular complexity index is 2050. The lowest BCUT2D eigenvalue weighted by Gasteiger charge is -2.25. The van der Waals surface area contributed by atoms with Crippen molar-refractivity contribution in [2.24, 2.45) is 0 Å². The van der Waals surface area contributed by atoms with Crippen molar-refractivity contribution in [1.29, 1.82) is 0 Å². The van der Waals surface area contributed by atoms with Crippen LogP contribution in [0, 0.1) is 0 Å². The number of benzene rings is 6. The Morgan fingerprint density at radius 3 is 1.13 bits per heavy atom. The Kier molecular flexibility index (Phi) is 7.78. The molecule has 0 saturated carbocycles. The highest BCUT2D eigenvalue weighted by Gasteiger charge is 2.45. The average molecular weight is 621 g/mol. The summed E-state index contributed by atoms with van der Waals surface area (Å²) in [6.07, 6.45) is 0. The van der Waals surface area contributed by atoms with Crippen LogP contribution in [0.2, 0.25) is 0 Å². The summed E-state index contributed by atoms with van der Waals surface area (Å²) in [5.74, 6) is 0. The zero-order valence-corrected chi connectivity index (χ0v) is 26.2. The molecule has 0 unspecified atom stereocenters. The normalized spacial score (nSPS) is 11.7. The van der Waals surface area contributed by atoms with Crippen LogP contribution in [0.4, 0.5) is 0 Å². The van der Waals surface area contributed by atoms with Gasteiger partial charge < -0.3 is 9.13 Å². The van der Waals surface area contributed by atoms with E-state index in [4.69, 9.17) is 5.10 Å². The van der Waals surface area contributed by atoms with E-state index in [2.05, 4.69) is 0 Å². The first-order valence-corrected chi connectivity index (χ1v) is 18.2. The minimum absolute atomic E-state index is 0.318. The van der Waals surface area contributed by atoms with Crippen LogP contribution in [0.25, 0.3) is 16.9 Å². The lowest BCUT2D eigenvalue weighted by molar-refractivity contribution is 0.590. The first kappa shape index (κ1) is 28.7. The van der Waals surface area contributed by atoms with Crippen molar-refractivity contribution in [3.05, 3.63) is 182 Å². The molecule has 0 aliphatic rings. The second kappa shape index (κ2) is 12.2. The predicted octanol–water partition coefficient (Wildman–Crippen LogP) is 6.82. The molecule has 7 rings (SSSR count). The van der Waals surface area contributed by atoms with Gasteiger partial charge in [0.1, 0.15) is 5.44 Å². The number of hydrogen-bond acceptors (Lipinski definition) is 3. The zero-order chi connectivity index (χ0) is 30.7. The van der Waals surface area contributed by atoms with Crippen molar-refractivity contribution in [3.63, 3.8) is 0 Å². The highest BCUT2D eigenvalue weighted by Crippen LogP contribution is 2.51. The second-order valence-electron chi connectivity index (χ2n) is 10.7. The molecule has 0 aliphatic heterocycles. The Morgan fingerprint density at radius 1 is 0.400 bits per heavy atom. The zero-order valence-electron chi connectivity index (χ0n) is 24.4. The number of para-hydroxylation sites is 1. The van der Waals surface area contributed by atoms with Gasteiger partial charge in [0, 0.05) is 26.8 Å². The number of nitrogens with zero attached hydrogens (tertiary/aromatic N) is 2. The van der Waals surface area contributed by atoms with E-state index in [0.717, 1.165) is 11.3 Å². The van der Waals surface area contributed by atoms with Crippen molar-refractivity contribution < 1.29 is 9.13 Å². The second-order valence-corrected chi connectivity index (χ2v) is 16.1. The van der Waals surface area contributed by atoms with Crippen LogP contribution in [0.15, 0.2) is 182 Å². The smallest absolute Gasteiger partial charge is 0.191 e. The minimum atomic E-state index is -3.71. The minimum Gasteiger partial charge on any atom is -0.308 e. The first-order valence-electron chi connectivity index (χ1n) is 14.8. The lowest BCUT2D eigenvalue weighted by atomic mass is 10.1. The Morgan fingerprint density at radius 2 is 0.733 bits per heavy atom. The topological polar surface area (TPSA) is 52.0 Å². The molecule has 0 radical (unpaired) electrons. The van der Waals surface area contributed by atoms with Gasteiger partial charge in [-0.05, 0) is 12.1 Å². The molecule has 6 aromatic carbocycles. The third-order valence-corrected chi connectivity index (χ3v) is 14.2. The fraction of sp³-hybridized carbons (Fsp3) is 0. The Hall–Kier alpha value is -5.01. The van der Waals surface area contributed by atoms with E-state index in [1.807, 2.05) is 187 Å². The predicted molar refractivity (Wildman–Crippen MR) is 188 cm³/mol. The van der Waals surface area contributed by atoms with Gasteiger partial charge in [-0.15, -0.1) is 0 Å². The van der Waals surface area contributed by atoms with Crippen LogP contribution in [-0.4, -0.2) is 9.78 Å². The molecule has 6 heteroatoms. The SMILES string of the molecule is O=P(c1ccccc1)(c1ccccc1)c1nn(-c2ccccc2)c(-c2ccccc2)c1P(=O)(c1ccccc1)c1ccccc1. The van der Waals surface area contributed by atoms with E-state index in [0.29, 0.717) is 37.7 Å². The summed E-state index contributed by atoms with van der Waals surface area (Å²) in [6.45, 7) is 0. The molecular formula is C39H30N2O2P2. The van der Waals surface area contributed by atoms with E-state index in [1.165, 1.54) is 0 Å². The number of rotatable bonds is 8. The monoisotopic (exact) mass is 620 g/mol. The van der Waals surface area contributed by atoms with Crippen LogP contribution in [0.5, 0.6) is 0 Å². The van der Waals surface area contributed by atoms with E-state index in [-0.39, 0.29) is 0 Å². The maximum absolute atomic E-state index is 16.4. The largest absolute Gasteiger partial charge is 0.308 e. The van der Waals surface area contributed by atoms with Crippen molar-refractivity contribution in [2.45, 2.75) is 0 Å². The van der Waals surface area contributed by atoms with Crippen molar-refractivity contribution in [2.75, 3.05) is 0 Å². The molecule has 45 heavy (non-hydrogen) atoms. The standard InChI is InChI=1S/C39H30N2O2P2/c42-44(33-23-11-3-12-24-33,34-25-13-4-14-26-34)38-37(31-19-7-1-8-20-31)41(32-21-9-2-10-22-32)40-39(38)45(43,35-27-15-5-16-28-35)36-29-17-6-18-30-36/h1-30H. The summed E-state index contributed by atoms with van der Waals surface area (Å²) >= 11 is 0. The number of hydrogen-bond donors (Lipinski definition) is 0. The quantitative estimate of drug-likeness (QED) is 0.175. The number of aromatic nitrogens is 2. The molecule has 4 nitrogen and oxygen atoms in total. The van der Waals surface area contributed by atoms with Gasteiger partial charge in [0.2, 0.25) is 0 Å². The maximum atomic E-state index is 16.4. The molecule has 0 spiro atoms. The third kappa shape index (κ3) is 5.03. The van der Waals surface area contributed by atoms with E-state index in [9.17, 15) is 0 Å². The molecule has 218 valence electrons. The van der Waals surface area contributed by atoms with Gasteiger partial charge in [-0.3, -0.25) is 0 Å². The van der Waals surface area contributed by atoms with Crippen LogP contribution in [0.3, 0.4) is 0 Å². The fourth-order valence-corrected chi connectivity index (χ4v) is 12.1. The fourth-order valence-electron chi connectivity index (χ4n) is 5.86. The van der Waals surface area contributed by atoms with Gasteiger partial charge in [0.15, 0.2) is 14.3 Å². The van der Waals surface area contributed by atoms with Gasteiger partial charge in [-0.25, -0.2) is 4.68 Å². The van der Waals surface area contributed by atoms with E-state index < -0.39 is 14.3 Å². The van der Waals surface area contributed by atoms with Crippen LogP contribution in [0.1, 0.15) is 0 Å². The van der Waals surface area contributed by atoms with Crippen molar-refractivity contribution >= 4 is 46.2 Å². The third-order valence-electron chi connectivity index (χ3n) is 7.98. The lowest BCUT2D eigenvalue weighted by Crippen LogP contribution is -2.38. The summed E-state index contributed by atoms with van der Waals surface area (Å²) in [6, 6.07) is 57.7. The van der Waals surface area contributed by atoms with E-state index >= 15 is 9.13 Å². The summed E-state index contributed by atoms with van der Waals surface area (Å²) < 4.78 is 34.4. The Balaban J connectivity index is 1.72. The molecule has 0 saturated heterocycles. The van der Waals surface area contributed by atoms with E-state index in [1.54, 1.807) is 0 Å². The van der Waals surface area contributed by atoms with Crippen LogP contribution >= 0.6 is 14.3 Å². The van der Waals surface area contributed by atoms with Crippen LogP contribution in [-0.2, 0) is 9.13 Å². The summed E-state index contributed by atoms with van der Waals surface area (Å²) in [4.78, 5) is 0. The molecular weight excluding hydrogens is 590 g/mol. The summed E-state index contributed by atoms with van der Waals surface area (Å²) in [7, 11) is -7.41. The first-order chi connectivity index (χ1) is 22.1. The van der Waals surface area contributed by atoms with Gasteiger partial charge in [0.25, 0.3) is 0 Å². The van der Waals surface area contributed by atoms with Gasteiger partial charge in [-0.2, -0.15) is 5.10 Å². The molecule has 0 amide bonds.